The molecule has 0 bridgehead atoms. The van der Waals surface area contributed by atoms with Gasteiger partial charge < -0.3 is 4.74 Å². The maximum atomic E-state index is 11.0. The van der Waals surface area contributed by atoms with Crippen LogP contribution in [0.3, 0.4) is 0 Å². The van der Waals surface area contributed by atoms with E-state index >= 15 is 0 Å². The van der Waals surface area contributed by atoms with Gasteiger partial charge in [-0.1, -0.05) is 23.7 Å². The third-order valence-corrected chi connectivity index (χ3v) is 2.94. The van der Waals surface area contributed by atoms with Crippen LogP contribution in [0.15, 0.2) is 42.5 Å². The van der Waals surface area contributed by atoms with Gasteiger partial charge in [0.15, 0.2) is 0 Å². The predicted molar refractivity (Wildman–Crippen MR) is 74.2 cm³/mol. The van der Waals surface area contributed by atoms with Gasteiger partial charge in [0.05, 0.1) is 4.92 Å². The SMILES string of the molecule is O=[N+]([O-])c1cc(CCl)ccc1Oc1cccc(Cl)c1. The third kappa shape index (κ3) is 3.36. The first-order valence-corrected chi connectivity index (χ1v) is 6.28. The zero-order valence-corrected chi connectivity index (χ0v) is 11.2. The fraction of sp³-hybridized carbons (Fsp3) is 0.0769. The number of ether oxygens (including phenoxy) is 1. The Labute approximate surface area is 119 Å². The van der Waals surface area contributed by atoms with Crippen LogP contribution in [0.1, 0.15) is 5.56 Å². The van der Waals surface area contributed by atoms with Crippen molar-refractivity contribution in [2.24, 2.45) is 0 Å². The molecule has 0 saturated carbocycles. The number of hydrogen-bond donors (Lipinski definition) is 0. The van der Waals surface area contributed by atoms with Crippen molar-refractivity contribution in [2.45, 2.75) is 5.88 Å². The molecule has 2 aromatic rings. The summed E-state index contributed by atoms with van der Waals surface area (Å²) in [6.45, 7) is 0. The van der Waals surface area contributed by atoms with Crippen LogP contribution < -0.4 is 4.74 Å². The zero-order valence-electron chi connectivity index (χ0n) is 9.68. The van der Waals surface area contributed by atoms with Gasteiger partial charge in [-0.05, 0) is 29.8 Å². The monoisotopic (exact) mass is 297 g/mol. The molecular formula is C13H9Cl2NO3. The van der Waals surface area contributed by atoms with E-state index in [1.54, 1.807) is 30.3 Å². The van der Waals surface area contributed by atoms with Crippen LogP contribution in [0.2, 0.25) is 5.02 Å². The Balaban J connectivity index is 2.36. The highest BCUT2D eigenvalue weighted by Gasteiger charge is 2.16. The lowest BCUT2D eigenvalue weighted by Crippen LogP contribution is -1.94. The summed E-state index contributed by atoms with van der Waals surface area (Å²) in [5.74, 6) is 0.800. The van der Waals surface area contributed by atoms with E-state index in [0.29, 0.717) is 16.3 Å². The van der Waals surface area contributed by atoms with Crippen LogP contribution in [0.5, 0.6) is 11.5 Å². The van der Waals surface area contributed by atoms with Crippen molar-refractivity contribution in [1.29, 1.82) is 0 Å². The van der Waals surface area contributed by atoms with Gasteiger partial charge in [0.25, 0.3) is 0 Å². The number of alkyl halides is 1. The van der Waals surface area contributed by atoms with E-state index in [0.717, 1.165) is 0 Å². The molecule has 0 saturated heterocycles. The number of halogens is 2. The molecule has 6 heteroatoms. The smallest absolute Gasteiger partial charge is 0.311 e. The summed E-state index contributed by atoms with van der Waals surface area (Å²) >= 11 is 11.5. The summed E-state index contributed by atoms with van der Waals surface area (Å²) < 4.78 is 5.48. The molecule has 0 aliphatic heterocycles. The molecule has 0 aliphatic rings. The lowest BCUT2D eigenvalue weighted by Gasteiger charge is -2.07. The second-order valence-electron chi connectivity index (χ2n) is 3.75. The molecule has 19 heavy (non-hydrogen) atoms. The third-order valence-electron chi connectivity index (χ3n) is 2.40. The van der Waals surface area contributed by atoms with Crippen molar-refractivity contribution >= 4 is 28.9 Å². The quantitative estimate of drug-likeness (QED) is 0.463. The largest absolute Gasteiger partial charge is 0.450 e. The Hall–Kier alpha value is -1.78. The minimum atomic E-state index is -0.504. The van der Waals surface area contributed by atoms with Crippen LogP contribution in [-0.4, -0.2) is 4.92 Å². The van der Waals surface area contributed by atoms with Gasteiger partial charge in [-0.3, -0.25) is 10.1 Å². The molecule has 0 spiro atoms. The van der Waals surface area contributed by atoms with E-state index in [4.69, 9.17) is 27.9 Å². The first-order valence-electron chi connectivity index (χ1n) is 5.37. The maximum Gasteiger partial charge on any atom is 0.311 e. The number of benzene rings is 2. The first-order chi connectivity index (χ1) is 9.10. The van der Waals surface area contributed by atoms with E-state index in [2.05, 4.69) is 0 Å². The van der Waals surface area contributed by atoms with Crippen molar-refractivity contribution in [2.75, 3.05) is 0 Å². The van der Waals surface area contributed by atoms with Gasteiger partial charge in [-0.15, -0.1) is 11.6 Å². The van der Waals surface area contributed by atoms with E-state index < -0.39 is 4.92 Å². The molecule has 0 N–H and O–H groups in total. The highest BCUT2D eigenvalue weighted by Crippen LogP contribution is 2.33. The van der Waals surface area contributed by atoms with Crippen molar-refractivity contribution in [3.8, 4) is 11.5 Å². The molecular weight excluding hydrogens is 289 g/mol. The lowest BCUT2D eigenvalue weighted by atomic mass is 10.2. The normalized spacial score (nSPS) is 10.2. The Kier molecular flexibility index (Phi) is 4.24. The molecule has 0 atom stereocenters. The van der Waals surface area contributed by atoms with Gasteiger partial charge in [0.2, 0.25) is 5.75 Å². The first kappa shape index (κ1) is 13.6. The number of nitrogens with zero attached hydrogens (tertiary/aromatic N) is 1. The summed E-state index contributed by atoms with van der Waals surface area (Å²) in [6.07, 6.45) is 0. The Morgan fingerprint density at radius 1 is 1.21 bits per heavy atom. The van der Waals surface area contributed by atoms with E-state index in [1.807, 2.05) is 0 Å². The molecule has 0 amide bonds. The van der Waals surface area contributed by atoms with Gasteiger partial charge in [0, 0.05) is 17.0 Å². The zero-order chi connectivity index (χ0) is 13.8. The molecule has 0 fully saturated rings. The number of hydrogen-bond acceptors (Lipinski definition) is 3. The number of nitro benzene ring substituents is 1. The van der Waals surface area contributed by atoms with Gasteiger partial charge >= 0.3 is 5.69 Å². The van der Waals surface area contributed by atoms with Crippen LogP contribution in [0.4, 0.5) is 5.69 Å². The van der Waals surface area contributed by atoms with E-state index in [-0.39, 0.29) is 17.3 Å². The van der Waals surface area contributed by atoms with Crippen molar-refractivity contribution < 1.29 is 9.66 Å². The minimum Gasteiger partial charge on any atom is -0.450 e. The van der Waals surface area contributed by atoms with Crippen LogP contribution in [0, 0.1) is 10.1 Å². The van der Waals surface area contributed by atoms with Crippen molar-refractivity contribution in [3.63, 3.8) is 0 Å². The molecule has 4 nitrogen and oxygen atoms in total. The molecule has 2 rings (SSSR count). The maximum absolute atomic E-state index is 11.0. The van der Waals surface area contributed by atoms with Gasteiger partial charge in [0.1, 0.15) is 5.75 Å². The highest BCUT2D eigenvalue weighted by atomic mass is 35.5. The molecule has 98 valence electrons. The van der Waals surface area contributed by atoms with Crippen LogP contribution >= 0.6 is 23.2 Å². The summed E-state index contributed by atoms with van der Waals surface area (Å²) in [5, 5.41) is 11.5. The second kappa shape index (κ2) is 5.91. The topological polar surface area (TPSA) is 52.4 Å². The summed E-state index contributed by atoms with van der Waals surface area (Å²) in [7, 11) is 0. The minimum absolute atomic E-state index is 0.127. The van der Waals surface area contributed by atoms with Crippen LogP contribution in [-0.2, 0) is 5.88 Å². The summed E-state index contributed by atoms with van der Waals surface area (Å²) in [6, 6.07) is 11.3. The van der Waals surface area contributed by atoms with E-state index in [1.165, 1.54) is 12.1 Å². The standard InChI is InChI=1S/C13H9Cl2NO3/c14-8-9-4-5-13(12(6-9)16(17)18)19-11-3-1-2-10(15)7-11/h1-7H,8H2. The van der Waals surface area contributed by atoms with Crippen molar-refractivity contribution in [3.05, 3.63) is 63.2 Å². The van der Waals surface area contributed by atoms with Crippen molar-refractivity contribution in [1.82, 2.24) is 0 Å². The molecule has 0 aromatic heterocycles. The van der Waals surface area contributed by atoms with Gasteiger partial charge in [-0.2, -0.15) is 0 Å². The summed E-state index contributed by atoms with van der Waals surface area (Å²) in [5.41, 5.74) is 0.532. The van der Waals surface area contributed by atoms with E-state index in [9.17, 15) is 10.1 Å². The molecule has 0 aliphatic carbocycles. The van der Waals surface area contributed by atoms with Gasteiger partial charge in [-0.25, -0.2) is 0 Å². The Morgan fingerprint density at radius 3 is 2.63 bits per heavy atom. The molecule has 0 heterocycles. The Morgan fingerprint density at radius 2 is 2.00 bits per heavy atom. The average Bonchev–Trinajstić information content (AvgIpc) is 2.39. The number of rotatable bonds is 4. The number of nitro groups is 1. The molecule has 0 radical (unpaired) electrons. The fourth-order valence-corrected chi connectivity index (χ4v) is 1.88. The van der Waals surface area contributed by atoms with Crippen LogP contribution in [0.25, 0.3) is 0 Å². The fourth-order valence-electron chi connectivity index (χ4n) is 1.53. The molecule has 2 aromatic carbocycles. The Bertz CT molecular complexity index is 617. The summed E-state index contributed by atoms with van der Waals surface area (Å²) in [4.78, 5) is 10.5. The predicted octanol–water partition coefficient (Wildman–Crippen LogP) is 4.78. The lowest BCUT2D eigenvalue weighted by molar-refractivity contribution is -0.385. The highest BCUT2D eigenvalue weighted by molar-refractivity contribution is 6.30. The average molecular weight is 298 g/mol. The second-order valence-corrected chi connectivity index (χ2v) is 4.46. The molecule has 0 unspecified atom stereocenters.